The topological polar surface area (TPSA) is 144 Å². The Balaban J connectivity index is 0.000000191. The quantitative estimate of drug-likeness (QED) is 0.104. The first kappa shape index (κ1) is 47.7. The van der Waals surface area contributed by atoms with Gasteiger partial charge in [-0.1, -0.05) is 50.1 Å². The smallest absolute Gasteiger partial charge is 0.243 e. The number of halogens is 2. The summed E-state index contributed by atoms with van der Waals surface area (Å²) in [5.74, 6) is 3.09. The van der Waals surface area contributed by atoms with Gasteiger partial charge in [0, 0.05) is 102 Å². The fourth-order valence-electron chi connectivity index (χ4n) is 7.25. The van der Waals surface area contributed by atoms with Crippen molar-refractivity contribution in [3.05, 3.63) is 127 Å². The first-order valence-corrected chi connectivity index (χ1v) is 26.4. The number of nitrogens with zero attached hydrogens (tertiary/aromatic N) is 6. The average Bonchev–Trinajstić information content (AvgIpc) is 3.99. The number of piperazine rings is 2. The fraction of sp³-hybridized carbons (Fsp3) is 0.318. The lowest BCUT2D eigenvalue weighted by molar-refractivity contribution is 0.384. The van der Waals surface area contributed by atoms with Crippen LogP contribution in [0.5, 0.6) is 23.0 Å². The molecule has 6 aromatic rings. The van der Waals surface area contributed by atoms with Crippen molar-refractivity contribution in [2.24, 2.45) is 0 Å². The minimum Gasteiger partial charge on any atom is -0.497 e. The van der Waals surface area contributed by atoms with E-state index in [9.17, 15) is 16.8 Å². The lowest BCUT2D eigenvalue weighted by Gasteiger charge is -2.33. The van der Waals surface area contributed by atoms with E-state index < -0.39 is 20.0 Å². The molecule has 0 amide bonds. The van der Waals surface area contributed by atoms with E-state index in [2.05, 4.69) is 41.7 Å². The molecular formula is C44H48Br2N6O8S4. The van der Waals surface area contributed by atoms with Crippen LogP contribution in [0.2, 0.25) is 0 Å². The summed E-state index contributed by atoms with van der Waals surface area (Å²) in [6.45, 7) is 4.11. The Kier molecular flexibility index (Phi) is 15.9. The molecule has 0 N–H and O–H groups in total. The monoisotopic (exact) mass is 1070 g/mol. The van der Waals surface area contributed by atoms with Crippen molar-refractivity contribution >= 4 is 84.8 Å². The molecule has 4 heterocycles. The minimum absolute atomic E-state index is 0.309. The number of benzene rings is 4. The van der Waals surface area contributed by atoms with Crippen LogP contribution in [0, 0.1) is 0 Å². The van der Waals surface area contributed by atoms with E-state index in [1.807, 2.05) is 59.3 Å². The van der Waals surface area contributed by atoms with Gasteiger partial charge in [-0.2, -0.15) is 8.61 Å². The Morgan fingerprint density at radius 2 is 0.984 bits per heavy atom. The van der Waals surface area contributed by atoms with E-state index in [4.69, 9.17) is 28.9 Å². The number of hydrogen-bond donors (Lipinski definition) is 0. The number of aromatic nitrogens is 2. The normalized spacial score (nSPS) is 15.0. The molecule has 0 saturated carbocycles. The SMILES string of the molecule is COc1ccc(Cc2csc(N3CCN(S(=O)(=O)c4cccc(Br)c4)CC3)n2)c(OC)c1.COc1ccc(OC)c(Cc2csc(N3CCN(S(=O)(=O)c4cccc(Br)c4)CC3)n2)c1. The molecule has 8 rings (SSSR count). The van der Waals surface area contributed by atoms with Gasteiger partial charge in [0.05, 0.1) is 49.6 Å². The minimum atomic E-state index is -3.51. The molecule has 0 radical (unpaired) electrons. The highest BCUT2D eigenvalue weighted by molar-refractivity contribution is 9.10. The summed E-state index contributed by atoms with van der Waals surface area (Å²) < 4.78 is 77.9. The zero-order valence-electron chi connectivity index (χ0n) is 35.6. The van der Waals surface area contributed by atoms with Crippen LogP contribution in [0.4, 0.5) is 10.3 Å². The van der Waals surface area contributed by atoms with Crippen molar-refractivity contribution in [1.82, 2.24) is 18.6 Å². The van der Waals surface area contributed by atoms with Crippen LogP contribution >= 0.6 is 54.5 Å². The zero-order valence-corrected chi connectivity index (χ0v) is 42.1. The Hall–Kier alpha value is -4.28. The largest absolute Gasteiger partial charge is 0.497 e. The summed E-state index contributed by atoms with van der Waals surface area (Å²) in [7, 11) is -0.440. The van der Waals surface area contributed by atoms with E-state index in [0.29, 0.717) is 75.0 Å². The predicted molar refractivity (Wildman–Crippen MR) is 259 cm³/mol. The van der Waals surface area contributed by atoms with E-state index in [1.165, 1.54) is 0 Å². The third kappa shape index (κ3) is 11.4. The highest BCUT2D eigenvalue weighted by Gasteiger charge is 2.31. The number of anilines is 2. The second-order valence-electron chi connectivity index (χ2n) is 14.6. The molecule has 0 aliphatic carbocycles. The molecule has 0 atom stereocenters. The van der Waals surface area contributed by atoms with Crippen LogP contribution in [0.3, 0.4) is 0 Å². The van der Waals surface area contributed by atoms with Crippen LogP contribution < -0.4 is 28.7 Å². The Morgan fingerprint density at radius 1 is 0.531 bits per heavy atom. The second kappa shape index (κ2) is 21.4. The van der Waals surface area contributed by atoms with Gasteiger partial charge in [-0.25, -0.2) is 26.8 Å². The number of hydrogen-bond acceptors (Lipinski definition) is 14. The van der Waals surface area contributed by atoms with Gasteiger partial charge in [0.15, 0.2) is 10.3 Å². The molecule has 340 valence electrons. The van der Waals surface area contributed by atoms with Crippen LogP contribution in [0.25, 0.3) is 0 Å². The summed E-state index contributed by atoms with van der Waals surface area (Å²) in [5, 5.41) is 5.90. The standard InChI is InChI=1S/2C22H24BrN3O4S2/c1-29-19-6-7-21(30-2)16(13-19)12-18-15-31-22(24-18)25-8-10-26(11-9-25)32(27,28)20-5-3-4-17(23)14-20;1-29-19-7-6-16(21(14-19)30-2)12-18-15-31-22(24-18)25-8-10-26(11-9-25)32(27,28)20-5-3-4-17(23)13-20/h2*3-7,13-15H,8-12H2,1-2H3. The highest BCUT2D eigenvalue weighted by atomic mass is 79.9. The number of sulfonamides is 2. The number of thiazole rings is 2. The zero-order chi connectivity index (χ0) is 45.4. The maximum Gasteiger partial charge on any atom is 0.243 e. The van der Waals surface area contributed by atoms with Crippen molar-refractivity contribution in [3.63, 3.8) is 0 Å². The summed E-state index contributed by atoms with van der Waals surface area (Å²) in [6, 6.07) is 25.2. The van der Waals surface area contributed by atoms with E-state index in [1.54, 1.807) is 96.1 Å². The van der Waals surface area contributed by atoms with E-state index in [-0.39, 0.29) is 0 Å². The van der Waals surface area contributed by atoms with Gasteiger partial charge in [0.2, 0.25) is 20.0 Å². The maximum absolute atomic E-state index is 13.0. The molecule has 2 saturated heterocycles. The van der Waals surface area contributed by atoms with Crippen molar-refractivity contribution in [3.8, 4) is 23.0 Å². The van der Waals surface area contributed by atoms with Crippen molar-refractivity contribution in [1.29, 1.82) is 0 Å². The van der Waals surface area contributed by atoms with Gasteiger partial charge < -0.3 is 28.7 Å². The number of rotatable bonds is 14. The molecule has 14 nitrogen and oxygen atoms in total. The molecule has 2 aliphatic rings. The third-order valence-electron chi connectivity index (χ3n) is 10.7. The van der Waals surface area contributed by atoms with E-state index >= 15 is 0 Å². The Morgan fingerprint density at radius 3 is 1.44 bits per heavy atom. The van der Waals surface area contributed by atoms with Crippen molar-refractivity contribution in [2.45, 2.75) is 22.6 Å². The molecular weight excluding hydrogens is 1030 g/mol. The second-order valence-corrected chi connectivity index (χ2v) is 22.0. The Labute approximate surface area is 399 Å². The highest BCUT2D eigenvalue weighted by Crippen LogP contribution is 2.32. The molecule has 20 heteroatoms. The average molecular weight is 1080 g/mol. The van der Waals surface area contributed by atoms with Gasteiger partial charge in [-0.05, 0) is 60.7 Å². The van der Waals surface area contributed by atoms with Gasteiger partial charge in [-0.15, -0.1) is 22.7 Å². The number of methoxy groups -OCH3 is 4. The first-order valence-electron chi connectivity index (χ1n) is 20.1. The summed E-state index contributed by atoms with van der Waals surface area (Å²) in [6.07, 6.45) is 1.29. The molecule has 0 spiro atoms. The van der Waals surface area contributed by atoms with Gasteiger partial charge >= 0.3 is 0 Å². The van der Waals surface area contributed by atoms with Crippen LogP contribution in [-0.2, 0) is 32.9 Å². The van der Waals surface area contributed by atoms with E-state index in [0.717, 1.165) is 64.7 Å². The molecule has 0 unspecified atom stereocenters. The Bertz CT molecular complexity index is 2760. The van der Waals surface area contributed by atoms with Crippen LogP contribution in [0.1, 0.15) is 22.5 Å². The van der Waals surface area contributed by atoms with Crippen molar-refractivity contribution < 1.29 is 35.8 Å². The first-order chi connectivity index (χ1) is 30.8. The molecule has 4 aromatic carbocycles. The fourth-order valence-corrected chi connectivity index (χ4v) is 13.0. The molecule has 2 aliphatic heterocycles. The number of ether oxygens (including phenoxy) is 4. The summed E-state index contributed by atoms with van der Waals surface area (Å²) in [5.41, 5.74) is 3.95. The predicted octanol–water partition coefficient (Wildman–Crippen LogP) is 8.05. The van der Waals surface area contributed by atoms with Crippen LogP contribution in [-0.4, -0.2) is 116 Å². The molecule has 0 bridgehead atoms. The molecule has 2 aromatic heterocycles. The van der Waals surface area contributed by atoms with Crippen LogP contribution in [0.15, 0.2) is 114 Å². The van der Waals surface area contributed by atoms with Gasteiger partial charge in [0.1, 0.15) is 23.0 Å². The summed E-state index contributed by atoms with van der Waals surface area (Å²) >= 11 is 9.85. The lowest BCUT2D eigenvalue weighted by Crippen LogP contribution is -2.48. The lowest BCUT2D eigenvalue weighted by atomic mass is 10.1. The molecule has 64 heavy (non-hydrogen) atoms. The molecule has 2 fully saturated rings. The van der Waals surface area contributed by atoms with Gasteiger partial charge in [0.25, 0.3) is 0 Å². The van der Waals surface area contributed by atoms with Gasteiger partial charge in [-0.3, -0.25) is 0 Å². The third-order valence-corrected chi connectivity index (χ3v) is 17.4. The maximum atomic E-state index is 13.0. The summed E-state index contributed by atoms with van der Waals surface area (Å²) in [4.78, 5) is 14.5. The van der Waals surface area contributed by atoms with Crippen molar-refractivity contribution in [2.75, 3.05) is 90.6 Å².